The smallest absolute Gasteiger partial charge is 0.134 e. The quantitative estimate of drug-likeness (QED) is 0.665. The van der Waals surface area contributed by atoms with Crippen molar-refractivity contribution in [3.8, 4) is 22.6 Å². The highest BCUT2D eigenvalue weighted by molar-refractivity contribution is 5.91. The number of fused-ring (bicyclic) bond motifs is 5. The molecule has 0 fully saturated rings. The van der Waals surface area contributed by atoms with Crippen LogP contribution in [0.25, 0.3) is 16.7 Å². The lowest BCUT2D eigenvalue weighted by atomic mass is 9.81. The summed E-state index contributed by atoms with van der Waals surface area (Å²) in [5.41, 5.74) is 6.24. The minimum absolute atomic E-state index is 0.118. The van der Waals surface area contributed by atoms with Crippen LogP contribution in [0.2, 0.25) is 0 Å². The van der Waals surface area contributed by atoms with Gasteiger partial charge in [-0.25, -0.2) is 4.39 Å². The fraction of sp³-hybridized carbons (Fsp3) is 0.304. The van der Waals surface area contributed by atoms with Crippen LogP contribution in [0.3, 0.4) is 0 Å². The average Bonchev–Trinajstić information content (AvgIpc) is 2.59. The SMILES string of the molecule is C=CCC1Oc2cc(F)cc(OC)c2-c2ccc3c(c21)C(C)=CC(C)(C)N3. The summed E-state index contributed by atoms with van der Waals surface area (Å²) in [6, 6.07) is 7.01. The van der Waals surface area contributed by atoms with Crippen molar-refractivity contribution in [3.05, 3.63) is 59.9 Å². The van der Waals surface area contributed by atoms with Crippen LogP contribution in [0.4, 0.5) is 10.1 Å². The Labute approximate surface area is 159 Å². The van der Waals surface area contributed by atoms with Crippen LogP contribution in [-0.2, 0) is 0 Å². The number of halogens is 1. The second-order valence-corrected chi connectivity index (χ2v) is 7.74. The van der Waals surface area contributed by atoms with Crippen molar-refractivity contribution in [1.29, 1.82) is 0 Å². The minimum Gasteiger partial charge on any atom is -0.496 e. The van der Waals surface area contributed by atoms with E-state index < -0.39 is 0 Å². The molecule has 3 nitrogen and oxygen atoms in total. The molecular formula is C23H24FNO2. The van der Waals surface area contributed by atoms with Crippen molar-refractivity contribution < 1.29 is 13.9 Å². The molecule has 2 aromatic carbocycles. The van der Waals surface area contributed by atoms with Gasteiger partial charge in [-0.05, 0) is 38.0 Å². The first-order valence-corrected chi connectivity index (χ1v) is 9.15. The normalized spacial score (nSPS) is 18.9. The molecule has 1 N–H and O–H groups in total. The van der Waals surface area contributed by atoms with Gasteiger partial charge in [0, 0.05) is 35.4 Å². The second-order valence-electron chi connectivity index (χ2n) is 7.74. The molecule has 2 heterocycles. The standard InChI is InChI=1S/C23H24FNO2/c1-6-7-17-22-15(21-18(26-5)10-14(24)11-19(21)27-17)8-9-16-20(22)13(2)12-23(3,4)25-16/h6,8-12,17,25H,1,7H2,2-5H3. The number of ether oxygens (including phenoxy) is 2. The molecule has 0 amide bonds. The molecule has 0 radical (unpaired) electrons. The molecule has 4 heteroatoms. The number of nitrogens with one attached hydrogen (secondary N) is 1. The number of benzene rings is 2. The number of anilines is 1. The third-order valence-electron chi connectivity index (χ3n) is 5.17. The second kappa shape index (κ2) is 6.15. The van der Waals surface area contributed by atoms with Crippen LogP contribution in [0.15, 0.2) is 43.0 Å². The Morgan fingerprint density at radius 3 is 2.78 bits per heavy atom. The fourth-order valence-corrected chi connectivity index (χ4v) is 4.30. The number of methoxy groups -OCH3 is 1. The Hall–Kier alpha value is -2.75. The predicted molar refractivity (Wildman–Crippen MR) is 108 cm³/mol. The lowest BCUT2D eigenvalue weighted by Gasteiger charge is -2.37. The molecule has 0 aliphatic carbocycles. The van der Waals surface area contributed by atoms with Crippen LogP contribution in [0.1, 0.15) is 44.4 Å². The highest BCUT2D eigenvalue weighted by Crippen LogP contribution is 2.52. The van der Waals surface area contributed by atoms with Crippen molar-refractivity contribution in [1.82, 2.24) is 0 Å². The Morgan fingerprint density at radius 2 is 2.07 bits per heavy atom. The molecule has 0 saturated carbocycles. The van der Waals surface area contributed by atoms with Crippen LogP contribution in [-0.4, -0.2) is 12.6 Å². The zero-order chi connectivity index (χ0) is 19.3. The van der Waals surface area contributed by atoms with Gasteiger partial charge < -0.3 is 14.8 Å². The summed E-state index contributed by atoms with van der Waals surface area (Å²) in [6.45, 7) is 10.3. The first kappa shape index (κ1) is 17.7. The van der Waals surface area contributed by atoms with E-state index in [1.54, 1.807) is 7.11 Å². The van der Waals surface area contributed by atoms with Crippen molar-refractivity contribution in [3.63, 3.8) is 0 Å². The zero-order valence-electron chi connectivity index (χ0n) is 16.2. The van der Waals surface area contributed by atoms with Gasteiger partial charge >= 0.3 is 0 Å². The highest BCUT2D eigenvalue weighted by Gasteiger charge is 2.34. The van der Waals surface area contributed by atoms with Crippen LogP contribution in [0.5, 0.6) is 11.5 Å². The number of allylic oxidation sites excluding steroid dienone is 1. The first-order valence-electron chi connectivity index (χ1n) is 9.15. The summed E-state index contributed by atoms with van der Waals surface area (Å²) in [7, 11) is 1.55. The van der Waals surface area contributed by atoms with Gasteiger partial charge in [0.25, 0.3) is 0 Å². The van der Waals surface area contributed by atoms with E-state index in [9.17, 15) is 4.39 Å². The van der Waals surface area contributed by atoms with E-state index in [1.807, 2.05) is 6.08 Å². The molecule has 0 saturated heterocycles. The Balaban J connectivity index is 2.03. The monoisotopic (exact) mass is 365 g/mol. The lowest BCUT2D eigenvalue weighted by molar-refractivity contribution is 0.203. The van der Waals surface area contributed by atoms with E-state index in [0.29, 0.717) is 17.9 Å². The Morgan fingerprint density at radius 1 is 1.30 bits per heavy atom. The molecule has 0 aromatic heterocycles. The Kier molecular flexibility index (Phi) is 4.02. The summed E-state index contributed by atoms with van der Waals surface area (Å²) in [4.78, 5) is 0. The summed E-state index contributed by atoms with van der Waals surface area (Å²) < 4.78 is 25.8. The van der Waals surface area contributed by atoms with Crippen LogP contribution < -0.4 is 14.8 Å². The van der Waals surface area contributed by atoms with Gasteiger partial charge in [-0.2, -0.15) is 0 Å². The third kappa shape index (κ3) is 2.80. The molecule has 0 bridgehead atoms. The van der Waals surface area contributed by atoms with Crippen LogP contribution >= 0.6 is 0 Å². The van der Waals surface area contributed by atoms with Gasteiger partial charge in [0.1, 0.15) is 23.4 Å². The molecule has 1 atom stereocenters. The van der Waals surface area contributed by atoms with Gasteiger partial charge in [0.15, 0.2) is 0 Å². The molecular weight excluding hydrogens is 341 g/mol. The maximum absolute atomic E-state index is 14.1. The molecule has 2 aliphatic rings. The van der Waals surface area contributed by atoms with E-state index in [0.717, 1.165) is 27.9 Å². The van der Waals surface area contributed by atoms with Crippen LogP contribution in [0, 0.1) is 5.82 Å². The molecule has 4 rings (SSSR count). The maximum Gasteiger partial charge on any atom is 0.134 e. The predicted octanol–water partition coefficient (Wildman–Crippen LogP) is 6.12. The summed E-state index contributed by atoms with van der Waals surface area (Å²) >= 11 is 0. The number of hydrogen-bond donors (Lipinski definition) is 1. The fourth-order valence-electron chi connectivity index (χ4n) is 4.30. The summed E-state index contributed by atoms with van der Waals surface area (Å²) in [5, 5.41) is 3.59. The minimum atomic E-state index is -0.371. The molecule has 27 heavy (non-hydrogen) atoms. The van der Waals surface area contributed by atoms with Gasteiger partial charge in [-0.15, -0.1) is 6.58 Å². The van der Waals surface area contributed by atoms with Crippen molar-refractivity contribution >= 4 is 11.3 Å². The van der Waals surface area contributed by atoms with Gasteiger partial charge in [-0.3, -0.25) is 0 Å². The van der Waals surface area contributed by atoms with E-state index in [1.165, 1.54) is 17.7 Å². The van der Waals surface area contributed by atoms with Gasteiger partial charge in [0.2, 0.25) is 0 Å². The van der Waals surface area contributed by atoms with E-state index >= 15 is 0 Å². The largest absolute Gasteiger partial charge is 0.496 e. The van der Waals surface area contributed by atoms with Gasteiger partial charge in [0.05, 0.1) is 18.2 Å². The van der Waals surface area contributed by atoms with Gasteiger partial charge in [-0.1, -0.05) is 18.2 Å². The van der Waals surface area contributed by atoms with Crippen molar-refractivity contribution in [2.45, 2.75) is 38.8 Å². The molecule has 0 spiro atoms. The maximum atomic E-state index is 14.1. The molecule has 2 aromatic rings. The topological polar surface area (TPSA) is 30.5 Å². The van der Waals surface area contributed by atoms with E-state index in [2.05, 4.69) is 50.9 Å². The highest BCUT2D eigenvalue weighted by atomic mass is 19.1. The summed E-state index contributed by atoms with van der Waals surface area (Å²) in [6.07, 6.45) is 4.49. The molecule has 2 aliphatic heterocycles. The lowest BCUT2D eigenvalue weighted by Crippen LogP contribution is -2.32. The average molecular weight is 365 g/mol. The molecule has 1 unspecified atom stereocenters. The molecule has 140 valence electrons. The third-order valence-corrected chi connectivity index (χ3v) is 5.17. The number of hydrogen-bond acceptors (Lipinski definition) is 3. The van der Waals surface area contributed by atoms with E-state index in [4.69, 9.17) is 9.47 Å². The Bertz CT molecular complexity index is 975. The van der Waals surface area contributed by atoms with Crippen molar-refractivity contribution in [2.75, 3.05) is 12.4 Å². The zero-order valence-corrected chi connectivity index (χ0v) is 16.2. The van der Waals surface area contributed by atoms with E-state index in [-0.39, 0.29) is 17.5 Å². The number of rotatable bonds is 3. The summed E-state index contributed by atoms with van der Waals surface area (Å²) in [5.74, 6) is 0.620. The van der Waals surface area contributed by atoms with Crippen molar-refractivity contribution in [2.24, 2.45) is 0 Å². The first-order chi connectivity index (χ1) is 12.8.